The third-order valence-electron chi connectivity index (χ3n) is 6.17. The van der Waals surface area contributed by atoms with Crippen LogP contribution in [-0.4, -0.2) is 61.3 Å². The number of fused-ring (bicyclic) bond motifs is 1. The first kappa shape index (κ1) is 22.8. The van der Waals surface area contributed by atoms with Crippen LogP contribution in [0.3, 0.4) is 0 Å². The molecule has 1 aliphatic carbocycles. The second-order valence-corrected chi connectivity index (χ2v) is 8.67. The van der Waals surface area contributed by atoms with Crippen LogP contribution >= 0.6 is 0 Å². The summed E-state index contributed by atoms with van der Waals surface area (Å²) in [5, 5.41) is 16.3. The fraction of sp³-hybridized carbons (Fsp3) is 0.400. The summed E-state index contributed by atoms with van der Waals surface area (Å²) in [5.74, 6) is 1.39. The first-order valence-corrected chi connectivity index (χ1v) is 11.8. The first-order chi connectivity index (χ1) is 17.1. The molecule has 10 heteroatoms. The van der Waals surface area contributed by atoms with Gasteiger partial charge in [0.25, 0.3) is 5.91 Å². The molecule has 182 valence electrons. The molecule has 3 heterocycles. The largest absolute Gasteiger partial charge is 0.485 e. The number of aryl methyl sites for hydroxylation is 1. The number of nitrogens with two attached hydrogens (primary N) is 1. The minimum atomic E-state index is -0.103. The van der Waals surface area contributed by atoms with E-state index in [1.54, 1.807) is 17.0 Å². The molecule has 0 atom stereocenters. The van der Waals surface area contributed by atoms with Crippen LogP contribution in [0.1, 0.15) is 34.5 Å². The number of nitrogens with one attached hydrogen (secondary N) is 2. The van der Waals surface area contributed by atoms with E-state index in [4.69, 9.17) is 19.9 Å². The summed E-state index contributed by atoms with van der Waals surface area (Å²) in [6.07, 6.45) is 3.46. The Bertz CT molecular complexity index is 1210. The molecule has 0 unspecified atom stereocenters. The van der Waals surface area contributed by atoms with Crippen LogP contribution in [0.5, 0.6) is 11.5 Å². The van der Waals surface area contributed by atoms with Crippen molar-refractivity contribution in [1.29, 1.82) is 5.26 Å². The van der Waals surface area contributed by atoms with E-state index in [1.165, 1.54) is 6.20 Å². The highest BCUT2D eigenvalue weighted by atomic mass is 16.6. The molecule has 1 aromatic heterocycles. The highest BCUT2D eigenvalue weighted by molar-refractivity contribution is 5.99. The number of nitrogens with zero attached hydrogens (tertiary/aromatic N) is 3. The Morgan fingerprint density at radius 3 is 2.60 bits per heavy atom. The summed E-state index contributed by atoms with van der Waals surface area (Å²) in [6.45, 7) is 4.73. The summed E-state index contributed by atoms with van der Waals surface area (Å²) in [5.41, 5.74) is 9.34. The summed E-state index contributed by atoms with van der Waals surface area (Å²) in [6, 6.07) is 7.95. The Morgan fingerprint density at radius 1 is 1.17 bits per heavy atom. The number of hydrogen-bond acceptors (Lipinski definition) is 9. The maximum atomic E-state index is 13.1. The number of carbonyl (C=O) groups is 1. The van der Waals surface area contributed by atoms with Crippen molar-refractivity contribution in [2.24, 2.45) is 5.73 Å². The van der Waals surface area contributed by atoms with Crippen molar-refractivity contribution in [3.63, 3.8) is 0 Å². The number of rotatable bonds is 6. The molecule has 10 nitrogen and oxygen atoms in total. The van der Waals surface area contributed by atoms with Crippen molar-refractivity contribution in [2.45, 2.75) is 25.8 Å². The molecule has 1 saturated carbocycles. The van der Waals surface area contributed by atoms with Gasteiger partial charge in [-0.2, -0.15) is 5.26 Å². The van der Waals surface area contributed by atoms with Crippen LogP contribution in [0.2, 0.25) is 0 Å². The van der Waals surface area contributed by atoms with Crippen LogP contribution in [0, 0.1) is 18.3 Å². The maximum Gasteiger partial charge on any atom is 0.257 e. The molecule has 35 heavy (non-hydrogen) atoms. The van der Waals surface area contributed by atoms with Gasteiger partial charge in [0, 0.05) is 42.6 Å². The quantitative estimate of drug-likeness (QED) is 0.538. The number of ether oxygens (including phenoxy) is 3. The van der Waals surface area contributed by atoms with Gasteiger partial charge in [-0.1, -0.05) is 0 Å². The molecular weight excluding hydrogens is 448 g/mol. The third-order valence-corrected chi connectivity index (χ3v) is 6.17. The molecule has 3 aliphatic rings. The van der Waals surface area contributed by atoms with Crippen LogP contribution in [0.15, 0.2) is 24.4 Å². The van der Waals surface area contributed by atoms with Gasteiger partial charge in [-0.05, 0) is 31.9 Å². The number of carbonyl (C=O) groups excluding carboxylic acids is 1. The zero-order chi connectivity index (χ0) is 24.4. The van der Waals surface area contributed by atoms with E-state index in [1.807, 2.05) is 13.0 Å². The number of nitriles is 1. The lowest BCUT2D eigenvalue weighted by molar-refractivity contribution is 0.0298. The SMILES string of the molecule is Cc1nc(Nc2ccc(C(=O)N3CCOCC3)c3c2OCCO3)cc(NC2CC2)c1/C(C#N)=C\N. The number of morpholine rings is 1. The van der Waals surface area contributed by atoms with Crippen LogP contribution in [0.4, 0.5) is 17.2 Å². The first-order valence-electron chi connectivity index (χ1n) is 11.8. The van der Waals surface area contributed by atoms with Crippen LogP contribution in [0.25, 0.3) is 5.57 Å². The molecule has 1 aromatic carbocycles. The third kappa shape index (κ3) is 4.68. The van der Waals surface area contributed by atoms with Crippen molar-refractivity contribution < 1.29 is 19.0 Å². The van der Waals surface area contributed by atoms with Crippen molar-refractivity contribution in [1.82, 2.24) is 9.88 Å². The number of aromatic nitrogens is 1. The van der Waals surface area contributed by atoms with E-state index >= 15 is 0 Å². The summed E-state index contributed by atoms with van der Waals surface area (Å²) in [7, 11) is 0. The lowest BCUT2D eigenvalue weighted by atomic mass is 10.0. The van der Waals surface area contributed by atoms with Crippen molar-refractivity contribution >= 4 is 28.7 Å². The van der Waals surface area contributed by atoms with Gasteiger partial charge in [-0.3, -0.25) is 4.79 Å². The van der Waals surface area contributed by atoms with Crippen molar-refractivity contribution in [2.75, 3.05) is 50.2 Å². The minimum absolute atomic E-state index is 0.103. The Kier molecular flexibility index (Phi) is 6.33. The van der Waals surface area contributed by atoms with Gasteiger partial charge in [0.15, 0.2) is 11.5 Å². The minimum Gasteiger partial charge on any atom is -0.485 e. The number of anilines is 3. The highest BCUT2D eigenvalue weighted by Crippen LogP contribution is 2.43. The van der Waals surface area contributed by atoms with Gasteiger partial charge < -0.3 is 35.5 Å². The monoisotopic (exact) mass is 476 g/mol. The average molecular weight is 477 g/mol. The number of hydrogen-bond donors (Lipinski definition) is 3. The Balaban J connectivity index is 1.48. The average Bonchev–Trinajstić information content (AvgIpc) is 3.70. The fourth-order valence-corrected chi connectivity index (χ4v) is 4.29. The highest BCUT2D eigenvalue weighted by Gasteiger charge is 2.29. The number of benzene rings is 1. The van der Waals surface area contributed by atoms with E-state index in [2.05, 4.69) is 21.7 Å². The molecule has 5 rings (SSSR count). The second kappa shape index (κ2) is 9.72. The Morgan fingerprint density at radius 2 is 1.91 bits per heavy atom. The molecule has 2 aromatic rings. The number of amides is 1. The lowest BCUT2D eigenvalue weighted by Gasteiger charge is -2.29. The van der Waals surface area contributed by atoms with E-state index in [9.17, 15) is 10.1 Å². The van der Waals surface area contributed by atoms with Gasteiger partial charge >= 0.3 is 0 Å². The zero-order valence-electron chi connectivity index (χ0n) is 19.6. The molecular formula is C25H28N6O4. The summed E-state index contributed by atoms with van der Waals surface area (Å²) in [4.78, 5) is 19.6. The molecule has 1 amide bonds. The lowest BCUT2D eigenvalue weighted by Crippen LogP contribution is -2.41. The van der Waals surface area contributed by atoms with Gasteiger partial charge in [0.05, 0.1) is 35.7 Å². The molecule has 0 bridgehead atoms. The van der Waals surface area contributed by atoms with Gasteiger partial charge in [-0.15, -0.1) is 0 Å². The predicted octanol–water partition coefficient (Wildman–Crippen LogP) is 2.77. The zero-order valence-corrected chi connectivity index (χ0v) is 19.6. The molecule has 1 saturated heterocycles. The topological polar surface area (TPSA) is 135 Å². The van der Waals surface area contributed by atoms with Gasteiger partial charge in [-0.25, -0.2) is 4.98 Å². The van der Waals surface area contributed by atoms with Crippen molar-refractivity contribution in [3.05, 3.63) is 41.2 Å². The van der Waals surface area contributed by atoms with Crippen molar-refractivity contribution in [3.8, 4) is 17.6 Å². The second-order valence-electron chi connectivity index (χ2n) is 8.67. The normalized spacial score (nSPS) is 17.5. The number of pyridine rings is 1. The smallest absolute Gasteiger partial charge is 0.257 e. The summed E-state index contributed by atoms with van der Waals surface area (Å²) < 4.78 is 17.2. The Labute approximate surface area is 203 Å². The van der Waals surface area contributed by atoms with E-state index in [0.717, 1.165) is 18.5 Å². The molecule has 0 radical (unpaired) electrons. The van der Waals surface area contributed by atoms with Gasteiger partial charge in [0.2, 0.25) is 0 Å². The standard InChI is InChI=1S/C25H28N6O4/c1-15-22(16(13-26)14-27)20(29-17-2-3-17)12-21(28-15)30-19-5-4-18(23-24(19)35-11-10-34-23)25(32)31-6-8-33-9-7-31/h4-5,12-13,17H,2-3,6-11,26H2,1H3,(H2,28,29,30)/b16-13-. The van der Waals surface area contributed by atoms with E-state index < -0.39 is 0 Å². The van der Waals surface area contributed by atoms with Crippen LogP contribution < -0.4 is 25.8 Å². The molecule has 2 aliphatic heterocycles. The number of allylic oxidation sites excluding steroid dienone is 1. The Hall–Kier alpha value is -3.97. The molecule has 0 spiro atoms. The fourth-order valence-electron chi connectivity index (χ4n) is 4.29. The maximum absolute atomic E-state index is 13.1. The predicted molar refractivity (Wildman–Crippen MR) is 131 cm³/mol. The molecule has 2 fully saturated rings. The van der Waals surface area contributed by atoms with E-state index in [-0.39, 0.29) is 5.91 Å². The molecule has 4 N–H and O–H groups in total. The van der Waals surface area contributed by atoms with Crippen LogP contribution in [-0.2, 0) is 4.74 Å². The van der Waals surface area contributed by atoms with E-state index in [0.29, 0.717) is 91.0 Å². The summed E-state index contributed by atoms with van der Waals surface area (Å²) >= 11 is 0. The van der Waals surface area contributed by atoms with Gasteiger partial charge in [0.1, 0.15) is 25.1 Å².